The number of aromatic nitrogens is 2. The van der Waals surface area contributed by atoms with Crippen LogP contribution in [0, 0.1) is 0 Å². The molecular formula is C16H21Cl2N3. The number of rotatable bonds is 6. The number of hydrogen-bond donors (Lipinski definition) is 1. The van der Waals surface area contributed by atoms with Gasteiger partial charge in [0, 0.05) is 24.5 Å². The maximum Gasteiger partial charge on any atom is 0.0850 e. The van der Waals surface area contributed by atoms with Crippen molar-refractivity contribution >= 4 is 23.2 Å². The van der Waals surface area contributed by atoms with E-state index in [0.717, 1.165) is 40.8 Å². The van der Waals surface area contributed by atoms with Gasteiger partial charge in [0.2, 0.25) is 0 Å². The molecule has 0 aliphatic rings. The Kier molecular flexibility index (Phi) is 5.68. The van der Waals surface area contributed by atoms with Gasteiger partial charge in [0.1, 0.15) is 0 Å². The summed E-state index contributed by atoms with van der Waals surface area (Å²) >= 11 is 12.6. The van der Waals surface area contributed by atoms with Gasteiger partial charge < -0.3 is 5.32 Å². The van der Waals surface area contributed by atoms with Crippen LogP contribution in [0.5, 0.6) is 0 Å². The highest BCUT2D eigenvalue weighted by atomic mass is 35.5. The van der Waals surface area contributed by atoms with Crippen LogP contribution in [0.3, 0.4) is 0 Å². The number of benzene rings is 1. The first-order valence-electron chi connectivity index (χ1n) is 7.25. The quantitative estimate of drug-likeness (QED) is 0.863. The number of nitrogens with one attached hydrogen (secondary N) is 1. The molecule has 1 aromatic carbocycles. The van der Waals surface area contributed by atoms with Gasteiger partial charge in [-0.25, -0.2) is 0 Å². The van der Waals surface area contributed by atoms with Crippen LogP contribution in [-0.4, -0.2) is 16.3 Å². The number of hydrogen-bond acceptors (Lipinski definition) is 2. The molecule has 0 radical (unpaired) electrons. The van der Waals surface area contributed by atoms with Gasteiger partial charge in [-0.1, -0.05) is 49.2 Å². The molecule has 3 nitrogen and oxygen atoms in total. The Hall–Kier alpha value is -1.03. The first kappa shape index (κ1) is 16.3. The average Bonchev–Trinajstić information content (AvgIpc) is 2.74. The van der Waals surface area contributed by atoms with Crippen molar-refractivity contribution < 1.29 is 0 Å². The molecule has 1 unspecified atom stereocenters. The van der Waals surface area contributed by atoms with Crippen molar-refractivity contribution in [2.24, 2.45) is 7.05 Å². The van der Waals surface area contributed by atoms with Crippen molar-refractivity contribution in [1.29, 1.82) is 0 Å². The summed E-state index contributed by atoms with van der Waals surface area (Å²) < 4.78 is 1.88. The van der Waals surface area contributed by atoms with E-state index in [1.807, 2.05) is 29.9 Å². The molecule has 0 aliphatic heterocycles. The number of halogens is 2. The molecule has 2 rings (SSSR count). The summed E-state index contributed by atoms with van der Waals surface area (Å²) in [5.74, 6) is 0. The molecule has 0 saturated heterocycles. The topological polar surface area (TPSA) is 29.9 Å². The summed E-state index contributed by atoms with van der Waals surface area (Å²) in [5.41, 5.74) is 3.18. The Morgan fingerprint density at radius 1 is 1.29 bits per heavy atom. The van der Waals surface area contributed by atoms with Crippen molar-refractivity contribution in [3.8, 4) is 0 Å². The molecule has 1 N–H and O–H groups in total. The smallest absolute Gasteiger partial charge is 0.0850 e. The molecule has 114 valence electrons. The Morgan fingerprint density at radius 2 is 2.05 bits per heavy atom. The molecule has 0 saturated carbocycles. The van der Waals surface area contributed by atoms with E-state index in [0.29, 0.717) is 0 Å². The van der Waals surface area contributed by atoms with Gasteiger partial charge in [-0.05, 0) is 30.7 Å². The van der Waals surface area contributed by atoms with Crippen molar-refractivity contribution in [2.75, 3.05) is 6.54 Å². The first-order chi connectivity index (χ1) is 10.1. The second kappa shape index (κ2) is 7.30. The van der Waals surface area contributed by atoms with Crippen molar-refractivity contribution in [1.82, 2.24) is 15.1 Å². The Labute approximate surface area is 136 Å². The first-order valence-corrected chi connectivity index (χ1v) is 8.01. The van der Waals surface area contributed by atoms with Gasteiger partial charge in [0.05, 0.1) is 16.4 Å². The highest BCUT2D eigenvalue weighted by Crippen LogP contribution is 2.27. The third-order valence-corrected chi connectivity index (χ3v) is 4.27. The van der Waals surface area contributed by atoms with E-state index in [9.17, 15) is 0 Å². The molecule has 0 fully saturated rings. The fourth-order valence-electron chi connectivity index (χ4n) is 2.51. The van der Waals surface area contributed by atoms with Crippen LogP contribution in [0.4, 0.5) is 0 Å². The van der Waals surface area contributed by atoms with Crippen molar-refractivity contribution in [2.45, 2.75) is 32.7 Å². The molecule has 0 spiro atoms. The van der Waals surface area contributed by atoms with Crippen LogP contribution < -0.4 is 5.32 Å². The Morgan fingerprint density at radius 3 is 2.62 bits per heavy atom. The Bertz CT molecular complexity index is 608. The van der Waals surface area contributed by atoms with E-state index in [-0.39, 0.29) is 6.04 Å². The van der Waals surface area contributed by atoms with Crippen molar-refractivity contribution in [3.63, 3.8) is 0 Å². The van der Waals surface area contributed by atoms with E-state index < -0.39 is 0 Å². The summed E-state index contributed by atoms with van der Waals surface area (Å²) in [4.78, 5) is 0. The highest BCUT2D eigenvalue weighted by Gasteiger charge is 2.19. The number of aryl methyl sites for hydroxylation is 2. The minimum Gasteiger partial charge on any atom is -0.310 e. The minimum absolute atomic E-state index is 0.173. The lowest BCUT2D eigenvalue weighted by atomic mass is 10.0. The summed E-state index contributed by atoms with van der Waals surface area (Å²) in [6, 6.07) is 8.13. The lowest BCUT2D eigenvalue weighted by molar-refractivity contribution is 0.528. The van der Waals surface area contributed by atoms with E-state index in [1.165, 1.54) is 5.56 Å². The normalized spacial score (nSPS) is 12.6. The minimum atomic E-state index is 0.173. The van der Waals surface area contributed by atoms with Gasteiger partial charge >= 0.3 is 0 Å². The van der Waals surface area contributed by atoms with Crippen LogP contribution >= 0.6 is 23.2 Å². The second-order valence-corrected chi connectivity index (χ2v) is 5.87. The van der Waals surface area contributed by atoms with Gasteiger partial charge in [0.25, 0.3) is 0 Å². The zero-order chi connectivity index (χ0) is 15.4. The fraction of sp³-hybridized carbons (Fsp3) is 0.438. The van der Waals surface area contributed by atoms with Gasteiger partial charge in [0.15, 0.2) is 0 Å². The summed E-state index contributed by atoms with van der Waals surface area (Å²) in [6.07, 6.45) is 1.63. The molecule has 2 aromatic rings. The van der Waals surface area contributed by atoms with E-state index in [4.69, 9.17) is 23.2 Å². The maximum atomic E-state index is 6.46. The maximum absolute atomic E-state index is 6.46. The highest BCUT2D eigenvalue weighted by molar-refractivity contribution is 6.32. The van der Waals surface area contributed by atoms with Gasteiger partial charge in [-0.2, -0.15) is 5.10 Å². The van der Waals surface area contributed by atoms with Crippen LogP contribution in [0.2, 0.25) is 10.0 Å². The molecule has 21 heavy (non-hydrogen) atoms. The van der Waals surface area contributed by atoms with E-state index in [1.54, 1.807) is 0 Å². The molecule has 0 bridgehead atoms. The van der Waals surface area contributed by atoms with E-state index >= 15 is 0 Å². The molecular weight excluding hydrogens is 305 g/mol. The molecule has 5 heteroatoms. The van der Waals surface area contributed by atoms with E-state index in [2.05, 4.69) is 30.3 Å². The SMILES string of the molecule is CCNC(Cc1c(Cl)c(CC)nn1C)c1cccc(Cl)c1. The summed E-state index contributed by atoms with van der Waals surface area (Å²) in [7, 11) is 1.95. The number of likely N-dealkylation sites (N-methyl/N-ethyl adjacent to an activating group) is 1. The molecule has 0 amide bonds. The van der Waals surface area contributed by atoms with Crippen molar-refractivity contribution in [3.05, 3.63) is 51.3 Å². The summed E-state index contributed by atoms with van der Waals surface area (Å²) in [5, 5.41) is 9.51. The lowest BCUT2D eigenvalue weighted by Gasteiger charge is -2.19. The second-order valence-electron chi connectivity index (χ2n) is 5.05. The standard InChI is InChI=1S/C16H21Cl2N3/c1-4-13-16(18)15(21(3)20-13)10-14(19-5-2)11-7-6-8-12(17)9-11/h6-9,14,19H,4-5,10H2,1-3H3. The monoisotopic (exact) mass is 325 g/mol. The zero-order valence-electron chi connectivity index (χ0n) is 12.7. The fourth-order valence-corrected chi connectivity index (χ4v) is 3.08. The van der Waals surface area contributed by atoms with Gasteiger partial charge in [-0.15, -0.1) is 0 Å². The Balaban J connectivity index is 2.30. The predicted octanol–water partition coefficient (Wildman–Crippen LogP) is 4.18. The third kappa shape index (κ3) is 3.79. The molecule has 0 aliphatic carbocycles. The average molecular weight is 326 g/mol. The lowest BCUT2D eigenvalue weighted by Crippen LogP contribution is -2.24. The van der Waals surface area contributed by atoms with Crippen LogP contribution in [0.1, 0.15) is 36.8 Å². The number of nitrogens with zero attached hydrogens (tertiary/aromatic N) is 2. The molecule has 1 aromatic heterocycles. The predicted molar refractivity (Wildman–Crippen MR) is 89.2 cm³/mol. The van der Waals surface area contributed by atoms with Gasteiger partial charge in [-0.3, -0.25) is 4.68 Å². The zero-order valence-corrected chi connectivity index (χ0v) is 14.2. The van der Waals surface area contributed by atoms with Crippen LogP contribution in [-0.2, 0) is 19.9 Å². The third-order valence-electron chi connectivity index (χ3n) is 3.60. The molecule has 1 atom stereocenters. The summed E-state index contributed by atoms with van der Waals surface area (Å²) in [6.45, 7) is 5.05. The van der Waals surface area contributed by atoms with Crippen LogP contribution in [0.15, 0.2) is 24.3 Å². The van der Waals surface area contributed by atoms with Crippen LogP contribution in [0.25, 0.3) is 0 Å². The largest absolute Gasteiger partial charge is 0.310 e. The molecule has 1 heterocycles.